The van der Waals surface area contributed by atoms with Crippen LogP contribution >= 0.6 is 0 Å². The van der Waals surface area contributed by atoms with E-state index in [1.54, 1.807) is 23.0 Å². The minimum Gasteiger partial charge on any atom is -0.481 e. The molecule has 6 heteroatoms. The van der Waals surface area contributed by atoms with Crippen LogP contribution in [0.3, 0.4) is 0 Å². The van der Waals surface area contributed by atoms with Crippen molar-refractivity contribution in [1.82, 2.24) is 19.6 Å². The van der Waals surface area contributed by atoms with Crippen molar-refractivity contribution >= 4 is 11.6 Å². The first-order valence-electron chi connectivity index (χ1n) is 4.65. The number of hydrogen-bond acceptors (Lipinski definition) is 4. The first kappa shape index (κ1) is 8.34. The molecule has 2 heterocycles. The third-order valence-corrected chi connectivity index (χ3v) is 2.68. The summed E-state index contributed by atoms with van der Waals surface area (Å²) in [6.07, 6.45) is 5.65. The lowest BCUT2D eigenvalue weighted by Crippen LogP contribution is -2.01. The van der Waals surface area contributed by atoms with Gasteiger partial charge >= 0.3 is 5.97 Å². The van der Waals surface area contributed by atoms with Gasteiger partial charge in [0, 0.05) is 18.3 Å². The predicted molar refractivity (Wildman–Crippen MR) is 49.3 cm³/mol. The second-order valence-corrected chi connectivity index (χ2v) is 3.65. The summed E-state index contributed by atoms with van der Waals surface area (Å²) >= 11 is 0. The number of aliphatic carboxylic acids is 1. The van der Waals surface area contributed by atoms with Gasteiger partial charge in [-0.1, -0.05) is 0 Å². The van der Waals surface area contributed by atoms with Crippen molar-refractivity contribution in [1.29, 1.82) is 0 Å². The van der Waals surface area contributed by atoms with E-state index in [9.17, 15) is 4.79 Å². The summed E-state index contributed by atoms with van der Waals surface area (Å²) in [7, 11) is 0. The number of aromatic nitrogens is 4. The average molecular weight is 204 g/mol. The molecule has 0 aliphatic heterocycles. The standard InChI is InChI=1S/C9H8N4O2/c14-9(15)6-3-5(6)8-12-11-7-4-10-1-2-13(7)8/h1-2,4-6H,3H2,(H,14,15). The van der Waals surface area contributed by atoms with Crippen LogP contribution in [0.1, 0.15) is 18.2 Å². The fraction of sp³-hybridized carbons (Fsp3) is 0.333. The van der Waals surface area contributed by atoms with Gasteiger partial charge in [0.1, 0.15) is 5.82 Å². The second-order valence-electron chi connectivity index (χ2n) is 3.65. The summed E-state index contributed by atoms with van der Waals surface area (Å²) in [5, 5.41) is 16.8. The summed E-state index contributed by atoms with van der Waals surface area (Å²) < 4.78 is 1.79. The van der Waals surface area contributed by atoms with Crippen molar-refractivity contribution in [2.24, 2.45) is 5.92 Å². The van der Waals surface area contributed by atoms with Crippen LogP contribution < -0.4 is 0 Å². The van der Waals surface area contributed by atoms with E-state index in [2.05, 4.69) is 15.2 Å². The first-order chi connectivity index (χ1) is 7.27. The van der Waals surface area contributed by atoms with Crippen LogP contribution in [0.4, 0.5) is 0 Å². The van der Waals surface area contributed by atoms with E-state index >= 15 is 0 Å². The van der Waals surface area contributed by atoms with Crippen molar-refractivity contribution in [3.05, 3.63) is 24.4 Å². The van der Waals surface area contributed by atoms with Gasteiger partial charge in [0.25, 0.3) is 0 Å². The molecule has 1 saturated carbocycles. The summed E-state index contributed by atoms with van der Waals surface area (Å²) in [5.41, 5.74) is 0.656. The lowest BCUT2D eigenvalue weighted by atomic mass is 10.3. The molecule has 3 rings (SSSR count). The first-order valence-corrected chi connectivity index (χ1v) is 4.65. The molecule has 76 valence electrons. The average Bonchev–Trinajstić information content (AvgIpc) is 2.92. The van der Waals surface area contributed by atoms with Gasteiger partial charge in [-0.25, -0.2) is 0 Å². The predicted octanol–water partition coefficient (Wildman–Crippen LogP) is 0.312. The van der Waals surface area contributed by atoms with Crippen LogP contribution in [-0.2, 0) is 4.79 Å². The quantitative estimate of drug-likeness (QED) is 0.761. The number of fused-ring (bicyclic) bond motifs is 1. The molecule has 15 heavy (non-hydrogen) atoms. The molecule has 2 aromatic rings. The number of carboxylic acid groups (broad SMARTS) is 1. The van der Waals surface area contributed by atoms with Gasteiger partial charge in [-0.2, -0.15) is 0 Å². The fourth-order valence-electron chi connectivity index (χ4n) is 1.78. The van der Waals surface area contributed by atoms with Gasteiger partial charge < -0.3 is 5.11 Å². The Hall–Kier alpha value is -1.98. The van der Waals surface area contributed by atoms with E-state index in [-0.39, 0.29) is 11.8 Å². The molecule has 1 fully saturated rings. The van der Waals surface area contributed by atoms with Crippen molar-refractivity contribution in [2.75, 3.05) is 0 Å². The van der Waals surface area contributed by atoms with Gasteiger partial charge in [0.15, 0.2) is 5.65 Å². The lowest BCUT2D eigenvalue weighted by molar-refractivity contribution is -0.138. The Bertz CT molecular complexity index is 536. The van der Waals surface area contributed by atoms with Crippen LogP contribution in [0.15, 0.2) is 18.6 Å². The second kappa shape index (κ2) is 2.75. The van der Waals surface area contributed by atoms with E-state index in [1.807, 2.05) is 0 Å². The molecule has 0 saturated heterocycles. The summed E-state index contributed by atoms with van der Waals surface area (Å²) in [6.45, 7) is 0. The molecule has 0 amide bonds. The van der Waals surface area contributed by atoms with E-state index in [0.717, 1.165) is 5.82 Å². The lowest BCUT2D eigenvalue weighted by Gasteiger charge is -1.95. The number of rotatable bonds is 2. The molecule has 0 bridgehead atoms. The molecule has 2 atom stereocenters. The molecular weight excluding hydrogens is 196 g/mol. The van der Waals surface area contributed by atoms with Gasteiger partial charge in [-0.05, 0) is 6.42 Å². The number of nitrogens with zero attached hydrogens (tertiary/aromatic N) is 4. The molecule has 1 N–H and O–H groups in total. The van der Waals surface area contributed by atoms with Crippen molar-refractivity contribution in [3.8, 4) is 0 Å². The molecule has 0 spiro atoms. The van der Waals surface area contributed by atoms with Crippen LogP contribution in [0.2, 0.25) is 0 Å². The molecule has 0 radical (unpaired) electrons. The van der Waals surface area contributed by atoms with Crippen LogP contribution in [0.25, 0.3) is 5.65 Å². The largest absolute Gasteiger partial charge is 0.481 e. The third kappa shape index (κ3) is 1.18. The van der Waals surface area contributed by atoms with Crippen molar-refractivity contribution in [2.45, 2.75) is 12.3 Å². The highest BCUT2D eigenvalue weighted by atomic mass is 16.4. The molecule has 6 nitrogen and oxygen atoms in total. The van der Waals surface area contributed by atoms with Gasteiger partial charge in [-0.3, -0.25) is 14.2 Å². The van der Waals surface area contributed by atoms with Crippen LogP contribution in [0, 0.1) is 5.92 Å². The molecule has 1 aliphatic rings. The fourth-order valence-corrected chi connectivity index (χ4v) is 1.78. The minimum atomic E-state index is -0.759. The molecule has 2 unspecified atom stereocenters. The highest BCUT2D eigenvalue weighted by molar-refractivity contribution is 5.74. The smallest absolute Gasteiger partial charge is 0.307 e. The highest BCUT2D eigenvalue weighted by Crippen LogP contribution is 2.46. The Morgan fingerprint density at radius 1 is 1.53 bits per heavy atom. The molecule has 0 aromatic carbocycles. The summed E-state index contributed by atoms with van der Waals surface area (Å²) in [5.74, 6) is -0.337. The van der Waals surface area contributed by atoms with Crippen LogP contribution in [-0.4, -0.2) is 30.7 Å². The number of carboxylic acids is 1. The van der Waals surface area contributed by atoms with Crippen LogP contribution in [0.5, 0.6) is 0 Å². The Morgan fingerprint density at radius 2 is 2.40 bits per heavy atom. The summed E-state index contributed by atoms with van der Waals surface area (Å²) in [4.78, 5) is 14.7. The Kier molecular flexibility index (Phi) is 1.53. The maximum atomic E-state index is 10.7. The van der Waals surface area contributed by atoms with E-state index in [1.165, 1.54) is 0 Å². The molecule has 1 aliphatic carbocycles. The summed E-state index contributed by atoms with van der Waals surface area (Å²) in [6, 6.07) is 0. The SMILES string of the molecule is O=C(O)C1CC1c1nnc2cnccn12. The van der Waals surface area contributed by atoms with Crippen molar-refractivity contribution in [3.63, 3.8) is 0 Å². The maximum Gasteiger partial charge on any atom is 0.307 e. The van der Waals surface area contributed by atoms with E-state index in [4.69, 9.17) is 5.11 Å². The van der Waals surface area contributed by atoms with Gasteiger partial charge in [0.05, 0.1) is 12.1 Å². The maximum absolute atomic E-state index is 10.7. The van der Waals surface area contributed by atoms with Gasteiger partial charge in [-0.15, -0.1) is 10.2 Å². The minimum absolute atomic E-state index is 0.0000926. The number of hydrogen-bond donors (Lipinski definition) is 1. The zero-order chi connectivity index (χ0) is 10.4. The zero-order valence-electron chi connectivity index (χ0n) is 7.74. The third-order valence-electron chi connectivity index (χ3n) is 2.68. The zero-order valence-corrected chi connectivity index (χ0v) is 7.74. The monoisotopic (exact) mass is 204 g/mol. The number of carbonyl (C=O) groups is 1. The Balaban J connectivity index is 2.03. The Labute approximate surface area is 84.6 Å². The normalized spacial score (nSPS) is 24.3. The Morgan fingerprint density at radius 3 is 3.13 bits per heavy atom. The van der Waals surface area contributed by atoms with E-state index in [0.29, 0.717) is 12.1 Å². The van der Waals surface area contributed by atoms with E-state index < -0.39 is 5.97 Å². The highest BCUT2D eigenvalue weighted by Gasteiger charge is 2.47. The van der Waals surface area contributed by atoms with Gasteiger partial charge in [0.2, 0.25) is 0 Å². The molecular formula is C9H8N4O2. The topological polar surface area (TPSA) is 80.4 Å². The molecule has 2 aromatic heterocycles. The van der Waals surface area contributed by atoms with Crippen molar-refractivity contribution < 1.29 is 9.90 Å².